The zero-order valence-electron chi connectivity index (χ0n) is 6.88. The lowest BCUT2D eigenvalue weighted by atomic mass is 10.4. The molecule has 1 aliphatic rings. The van der Waals surface area contributed by atoms with Crippen LogP contribution in [0.4, 0.5) is 4.79 Å². The van der Waals surface area contributed by atoms with Crippen molar-refractivity contribution in [2.24, 2.45) is 0 Å². The lowest BCUT2D eigenvalue weighted by Crippen LogP contribution is -2.37. The van der Waals surface area contributed by atoms with Gasteiger partial charge in [0.05, 0.1) is 5.38 Å². The molecule has 1 unspecified atom stereocenters. The number of likely N-dealkylation sites (tertiary alicyclic amines) is 1. The summed E-state index contributed by atoms with van der Waals surface area (Å²) in [6, 6.07) is 0.0631. The maximum Gasteiger partial charge on any atom is 0.319 e. The van der Waals surface area contributed by atoms with Crippen molar-refractivity contribution in [1.29, 1.82) is 0 Å². The molecule has 0 aliphatic carbocycles. The van der Waals surface area contributed by atoms with Gasteiger partial charge < -0.3 is 9.80 Å². The van der Waals surface area contributed by atoms with Crippen molar-refractivity contribution in [3.05, 3.63) is 0 Å². The predicted molar refractivity (Wildman–Crippen MR) is 44.9 cm³/mol. The van der Waals surface area contributed by atoms with E-state index in [1.807, 2.05) is 0 Å². The van der Waals surface area contributed by atoms with Gasteiger partial charge in [-0.1, -0.05) is 0 Å². The Hall–Kier alpha value is -0.440. The van der Waals surface area contributed by atoms with Gasteiger partial charge in [-0.3, -0.25) is 0 Å². The topological polar surface area (TPSA) is 23.6 Å². The van der Waals surface area contributed by atoms with Crippen LogP contribution in [0.3, 0.4) is 0 Å². The van der Waals surface area contributed by atoms with Crippen molar-refractivity contribution in [2.45, 2.75) is 11.8 Å². The van der Waals surface area contributed by atoms with E-state index in [-0.39, 0.29) is 11.4 Å². The maximum atomic E-state index is 11.3. The first kappa shape index (κ1) is 8.65. The maximum absolute atomic E-state index is 11.3. The largest absolute Gasteiger partial charge is 0.331 e. The standard InChI is InChI=1S/C7H13ClN2O/c1-9(2)7(11)10-4-3-6(8)5-10/h6H,3-5H2,1-2H3. The Morgan fingerprint density at radius 2 is 2.27 bits per heavy atom. The van der Waals surface area contributed by atoms with Gasteiger partial charge in [0.2, 0.25) is 0 Å². The summed E-state index contributed by atoms with van der Waals surface area (Å²) in [6.45, 7) is 1.49. The van der Waals surface area contributed by atoms with Crippen LogP contribution < -0.4 is 0 Å². The molecular weight excluding hydrogens is 164 g/mol. The minimum absolute atomic E-state index is 0.0631. The Kier molecular flexibility index (Phi) is 2.60. The zero-order chi connectivity index (χ0) is 8.43. The minimum Gasteiger partial charge on any atom is -0.331 e. The first-order valence-electron chi connectivity index (χ1n) is 3.71. The molecule has 0 aromatic carbocycles. The van der Waals surface area contributed by atoms with Crippen molar-refractivity contribution < 1.29 is 4.79 Å². The van der Waals surface area contributed by atoms with Gasteiger partial charge in [0.1, 0.15) is 0 Å². The average molecular weight is 177 g/mol. The number of carbonyl (C=O) groups is 1. The van der Waals surface area contributed by atoms with Gasteiger partial charge in [0, 0.05) is 27.2 Å². The van der Waals surface area contributed by atoms with E-state index < -0.39 is 0 Å². The third-order valence-electron chi connectivity index (χ3n) is 1.78. The fraction of sp³-hybridized carbons (Fsp3) is 0.857. The Labute approximate surface area is 71.9 Å². The van der Waals surface area contributed by atoms with Crippen LogP contribution in [0, 0.1) is 0 Å². The summed E-state index contributed by atoms with van der Waals surface area (Å²) in [6.07, 6.45) is 0.918. The molecule has 1 heterocycles. The molecule has 1 fully saturated rings. The number of nitrogens with zero attached hydrogens (tertiary/aromatic N) is 2. The van der Waals surface area contributed by atoms with Crippen molar-refractivity contribution in [3.63, 3.8) is 0 Å². The summed E-state index contributed by atoms with van der Waals surface area (Å²) in [5.74, 6) is 0. The second-order valence-electron chi connectivity index (χ2n) is 3.01. The Morgan fingerprint density at radius 1 is 1.64 bits per heavy atom. The van der Waals surface area contributed by atoms with E-state index >= 15 is 0 Å². The number of halogens is 1. The molecular formula is C7H13ClN2O. The summed E-state index contributed by atoms with van der Waals surface area (Å²) < 4.78 is 0. The summed E-state index contributed by atoms with van der Waals surface area (Å²) in [5.41, 5.74) is 0. The van der Waals surface area contributed by atoms with E-state index in [1.54, 1.807) is 23.9 Å². The SMILES string of the molecule is CN(C)C(=O)N1CCC(Cl)C1. The van der Waals surface area contributed by atoms with E-state index in [4.69, 9.17) is 11.6 Å². The van der Waals surface area contributed by atoms with Crippen molar-refractivity contribution in [1.82, 2.24) is 9.80 Å². The molecule has 0 aromatic heterocycles. The van der Waals surface area contributed by atoms with Gasteiger partial charge >= 0.3 is 6.03 Å². The quantitative estimate of drug-likeness (QED) is 0.505. The van der Waals surface area contributed by atoms with Crippen LogP contribution in [0.2, 0.25) is 0 Å². The first-order chi connectivity index (χ1) is 5.11. The van der Waals surface area contributed by atoms with Crippen LogP contribution in [0.5, 0.6) is 0 Å². The number of urea groups is 1. The van der Waals surface area contributed by atoms with Gasteiger partial charge in [0.15, 0.2) is 0 Å². The smallest absolute Gasteiger partial charge is 0.319 e. The van der Waals surface area contributed by atoms with Crippen LogP contribution in [-0.2, 0) is 0 Å². The van der Waals surface area contributed by atoms with Crippen LogP contribution in [-0.4, -0.2) is 48.4 Å². The second kappa shape index (κ2) is 3.30. The molecule has 64 valence electrons. The van der Waals surface area contributed by atoms with E-state index in [0.717, 1.165) is 13.0 Å². The van der Waals surface area contributed by atoms with Crippen LogP contribution in [0.1, 0.15) is 6.42 Å². The fourth-order valence-electron chi connectivity index (χ4n) is 1.17. The van der Waals surface area contributed by atoms with Crippen LogP contribution >= 0.6 is 11.6 Å². The summed E-state index contributed by atoms with van der Waals surface area (Å²) in [5, 5.41) is 0.152. The number of rotatable bonds is 0. The summed E-state index contributed by atoms with van der Waals surface area (Å²) in [4.78, 5) is 14.6. The fourth-order valence-corrected chi connectivity index (χ4v) is 1.44. The van der Waals surface area contributed by atoms with Crippen molar-refractivity contribution >= 4 is 17.6 Å². The van der Waals surface area contributed by atoms with Crippen molar-refractivity contribution in [3.8, 4) is 0 Å². The molecule has 3 nitrogen and oxygen atoms in total. The van der Waals surface area contributed by atoms with E-state index in [0.29, 0.717) is 6.54 Å². The molecule has 1 aliphatic heterocycles. The Morgan fingerprint density at radius 3 is 2.64 bits per heavy atom. The van der Waals surface area contributed by atoms with Gasteiger partial charge in [-0.15, -0.1) is 11.6 Å². The van der Waals surface area contributed by atoms with Gasteiger partial charge in [-0.05, 0) is 6.42 Å². The Balaban J connectivity index is 2.43. The number of amides is 2. The van der Waals surface area contributed by atoms with E-state index in [9.17, 15) is 4.79 Å². The minimum atomic E-state index is 0.0631. The monoisotopic (exact) mass is 176 g/mol. The summed E-state index contributed by atoms with van der Waals surface area (Å²) >= 11 is 5.84. The van der Waals surface area contributed by atoms with Crippen LogP contribution in [0.25, 0.3) is 0 Å². The molecule has 4 heteroatoms. The summed E-state index contributed by atoms with van der Waals surface area (Å²) in [7, 11) is 3.51. The molecule has 0 N–H and O–H groups in total. The highest BCUT2D eigenvalue weighted by atomic mass is 35.5. The highest BCUT2D eigenvalue weighted by Gasteiger charge is 2.25. The second-order valence-corrected chi connectivity index (χ2v) is 3.63. The van der Waals surface area contributed by atoms with E-state index in [2.05, 4.69) is 0 Å². The molecule has 1 atom stereocenters. The highest BCUT2D eigenvalue weighted by molar-refractivity contribution is 6.21. The number of carbonyl (C=O) groups excluding carboxylic acids is 1. The molecule has 11 heavy (non-hydrogen) atoms. The van der Waals surface area contributed by atoms with E-state index in [1.165, 1.54) is 0 Å². The first-order valence-corrected chi connectivity index (χ1v) is 4.15. The third-order valence-corrected chi connectivity index (χ3v) is 2.14. The van der Waals surface area contributed by atoms with Gasteiger partial charge in [0.25, 0.3) is 0 Å². The third kappa shape index (κ3) is 1.99. The lowest BCUT2D eigenvalue weighted by Gasteiger charge is -2.20. The number of hydrogen-bond acceptors (Lipinski definition) is 1. The molecule has 0 aromatic rings. The molecule has 0 spiro atoms. The lowest BCUT2D eigenvalue weighted by molar-refractivity contribution is 0.182. The molecule has 0 bridgehead atoms. The molecule has 0 radical (unpaired) electrons. The molecule has 0 saturated carbocycles. The average Bonchev–Trinajstić information content (AvgIpc) is 2.34. The molecule has 1 saturated heterocycles. The molecule has 2 amide bonds. The zero-order valence-corrected chi connectivity index (χ0v) is 7.64. The van der Waals surface area contributed by atoms with Gasteiger partial charge in [-0.25, -0.2) is 4.79 Å². The molecule has 1 rings (SSSR count). The van der Waals surface area contributed by atoms with Crippen molar-refractivity contribution in [2.75, 3.05) is 27.2 Å². The normalized spacial score (nSPS) is 23.9. The Bertz CT molecular complexity index is 161. The van der Waals surface area contributed by atoms with Gasteiger partial charge in [-0.2, -0.15) is 0 Å². The predicted octanol–water partition coefficient (Wildman–Crippen LogP) is 0.981. The number of alkyl halides is 1. The number of hydrogen-bond donors (Lipinski definition) is 0. The van der Waals surface area contributed by atoms with Crippen LogP contribution in [0.15, 0.2) is 0 Å². The highest BCUT2D eigenvalue weighted by Crippen LogP contribution is 2.15.